The van der Waals surface area contributed by atoms with Crippen LogP contribution in [0.25, 0.3) is 22.2 Å². The van der Waals surface area contributed by atoms with Gasteiger partial charge in [0, 0.05) is 17.1 Å². The Bertz CT molecular complexity index is 650. The molecule has 0 saturated carbocycles. The Morgan fingerprint density at radius 3 is 2.81 bits per heavy atom. The van der Waals surface area contributed by atoms with Crippen molar-refractivity contribution in [2.75, 3.05) is 0 Å². The molecule has 2 heterocycles. The Hall–Kier alpha value is -1.52. The Labute approximate surface area is 101 Å². The molecule has 78 valence electrons. The van der Waals surface area contributed by atoms with Crippen LogP contribution in [-0.4, -0.2) is 13.7 Å². The van der Waals surface area contributed by atoms with Crippen LogP contribution in [-0.2, 0) is 0 Å². The molecule has 5 heteroatoms. The average Bonchev–Trinajstić information content (AvgIpc) is 2.75. The van der Waals surface area contributed by atoms with Crippen LogP contribution in [0.1, 0.15) is 0 Å². The fourth-order valence-corrected chi connectivity index (χ4v) is 2.32. The number of pyridine rings is 1. The summed E-state index contributed by atoms with van der Waals surface area (Å²) >= 11 is 7.04. The number of halogens is 1. The first-order valence-corrected chi connectivity index (χ1v) is 5.78. The fraction of sp³-hybridized carbons (Fsp3) is 0. The lowest BCUT2D eigenvalue weighted by Crippen LogP contribution is -1.83. The van der Waals surface area contributed by atoms with E-state index in [0.717, 1.165) is 28.2 Å². The Balaban J connectivity index is 2.23. The first kappa shape index (κ1) is 9.69. The van der Waals surface area contributed by atoms with E-state index in [9.17, 15) is 0 Å². The molecule has 0 spiro atoms. The zero-order valence-electron chi connectivity index (χ0n) is 8.09. The molecule has 0 aliphatic carbocycles. The van der Waals surface area contributed by atoms with Crippen LogP contribution in [0.2, 0.25) is 5.15 Å². The molecule has 0 atom stereocenters. The van der Waals surface area contributed by atoms with Crippen LogP contribution in [0.4, 0.5) is 0 Å². The highest BCUT2D eigenvalue weighted by Crippen LogP contribution is 2.27. The molecule has 0 radical (unpaired) electrons. The molecule has 2 aromatic heterocycles. The third kappa shape index (κ3) is 1.56. The Morgan fingerprint density at radius 2 is 2.00 bits per heavy atom. The van der Waals surface area contributed by atoms with Gasteiger partial charge in [0.05, 0.1) is 17.2 Å². The molecule has 3 rings (SSSR count). The summed E-state index contributed by atoms with van der Waals surface area (Å²) in [6, 6.07) is 9.95. The van der Waals surface area contributed by atoms with E-state index in [1.807, 2.05) is 30.3 Å². The van der Waals surface area contributed by atoms with Crippen LogP contribution in [0.5, 0.6) is 0 Å². The van der Waals surface area contributed by atoms with Gasteiger partial charge in [-0.15, -0.1) is 0 Å². The summed E-state index contributed by atoms with van der Waals surface area (Å²) in [4.78, 5) is 4.36. The molecule has 0 N–H and O–H groups in total. The molecular formula is C11H6ClN3S. The molecule has 0 bridgehead atoms. The van der Waals surface area contributed by atoms with Gasteiger partial charge in [0.15, 0.2) is 5.15 Å². The number of hydrogen-bond acceptors (Lipinski definition) is 4. The van der Waals surface area contributed by atoms with Gasteiger partial charge in [0.25, 0.3) is 0 Å². The van der Waals surface area contributed by atoms with Crippen molar-refractivity contribution in [1.29, 1.82) is 0 Å². The molecule has 16 heavy (non-hydrogen) atoms. The quantitative estimate of drug-likeness (QED) is 0.662. The van der Waals surface area contributed by atoms with Gasteiger partial charge in [-0.25, -0.2) is 0 Å². The van der Waals surface area contributed by atoms with E-state index in [1.54, 1.807) is 6.20 Å². The molecule has 0 saturated heterocycles. The van der Waals surface area contributed by atoms with E-state index in [4.69, 9.17) is 11.6 Å². The van der Waals surface area contributed by atoms with Crippen molar-refractivity contribution in [3.63, 3.8) is 0 Å². The summed E-state index contributed by atoms with van der Waals surface area (Å²) in [5.41, 5.74) is 2.56. The first-order chi connectivity index (χ1) is 7.84. The van der Waals surface area contributed by atoms with Crippen molar-refractivity contribution in [3.8, 4) is 11.3 Å². The topological polar surface area (TPSA) is 38.7 Å². The minimum atomic E-state index is 0.432. The summed E-state index contributed by atoms with van der Waals surface area (Å²) in [6.07, 6.45) is 1.77. The average molecular weight is 248 g/mol. The number of hydrogen-bond donors (Lipinski definition) is 0. The van der Waals surface area contributed by atoms with Gasteiger partial charge in [-0.05, 0) is 12.1 Å². The minimum Gasteiger partial charge on any atom is -0.256 e. The summed E-state index contributed by atoms with van der Waals surface area (Å²) in [5.74, 6) is 0. The second-order valence-corrected chi connectivity index (χ2v) is 4.21. The van der Waals surface area contributed by atoms with Crippen LogP contribution in [0.3, 0.4) is 0 Å². The number of rotatable bonds is 1. The molecule has 0 fully saturated rings. The third-order valence-electron chi connectivity index (χ3n) is 2.31. The molecule has 0 aliphatic rings. The van der Waals surface area contributed by atoms with E-state index >= 15 is 0 Å². The lowest BCUT2D eigenvalue weighted by molar-refractivity contribution is 1.39. The van der Waals surface area contributed by atoms with Crippen molar-refractivity contribution >= 4 is 34.2 Å². The molecule has 1 aromatic carbocycles. The molecule has 0 unspecified atom stereocenters. The van der Waals surface area contributed by atoms with Gasteiger partial charge in [-0.3, -0.25) is 4.98 Å². The second-order valence-electron chi connectivity index (χ2n) is 3.32. The highest BCUT2D eigenvalue weighted by molar-refractivity contribution is 6.99. The molecule has 0 aliphatic heterocycles. The largest absolute Gasteiger partial charge is 0.256 e. The van der Waals surface area contributed by atoms with Gasteiger partial charge < -0.3 is 0 Å². The number of benzene rings is 1. The van der Waals surface area contributed by atoms with E-state index in [2.05, 4.69) is 13.7 Å². The fourth-order valence-electron chi connectivity index (χ4n) is 1.55. The Morgan fingerprint density at radius 1 is 1.12 bits per heavy atom. The highest BCUT2D eigenvalue weighted by Gasteiger charge is 2.08. The smallest absolute Gasteiger partial charge is 0.170 e. The van der Waals surface area contributed by atoms with Crippen molar-refractivity contribution in [3.05, 3.63) is 41.7 Å². The standard InChI is InChI=1S/C11H6ClN3S/c12-11-10(14-16-15-11)8-5-7-3-1-2-4-9(7)13-6-8/h1-6H. The third-order valence-corrected chi connectivity index (χ3v) is 3.20. The van der Waals surface area contributed by atoms with Gasteiger partial charge >= 0.3 is 0 Å². The molecular weight excluding hydrogens is 242 g/mol. The van der Waals surface area contributed by atoms with Crippen molar-refractivity contribution in [1.82, 2.24) is 13.7 Å². The van der Waals surface area contributed by atoms with Gasteiger partial charge in [-0.2, -0.15) is 8.75 Å². The van der Waals surface area contributed by atoms with Crippen molar-refractivity contribution in [2.24, 2.45) is 0 Å². The number of fused-ring (bicyclic) bond motifs is 1. The predicted molar refractivity (Wildman–Crippen MR) is 65.7 cm³/mol. The predicted octanol–water partition coefficient (Wildman–Crippen LogP) is 3.41. The highest BCUT2D eigenvalue weighted by atomic mass is 35.5. The molecule has 3 nitrogen and oxygen atoms in total. The van der Waals surface area contributed by atoms with Crippen LogP contribution < -0.4 is 0 Å². The zero-order chi connectivity index (χ0) is 11.0. The monoisotopic (exact) mass is 247 g/mol. The molecule has 3 aromatic rings. The van der Waals surface area contributed by atoms with Crippen LogP contribution in [0, 0.1) is 0 Å². The number of nitrogens with zero attached hydrogens (tertiary/aromatic N) is 3. The first-order valence-electron chi connectivity index (χ1n) is 4.68. The SMILES string of the molecule is Clc1nsnc1-c1cnc2ccccc2c1. The summed E-state index contributed by atoms with van der Waals surface area (Å²) < 4.78 is 8.09. The maximum Gasteiger partial charge on any atom is 0.170 e. The summed E-state index contributed by atoms with van der Waals surface area (Å²) in [6.45, 7) is 0. The van der Waals surface area contributed by atoms with E-state index < -0.39 is 0 Å². The van der Waals surface area contributed by atoms with E-state index in [1.165, 1.54) is 0 Å². The maximum atomic E-state index is 5.93. The Kier molecular flexibility index (Phi) is 2.31. The van der Waals surface area contributed by atoms with E-state index in [0.29, 0.717) is 10.8 Å². The van der Waals surface area contributed by atoms with Gasteiger partial charge in [0.1, 0.15) is 5.69 Å². The van der Waals surface area contributed by atoms with Crippen molar-refractivity contribution in [2.45, 2.75) is 0 Å². The number of para-hydroxylation sites is 1. The lowest BCUT2D eigenvalue weighted by atomic mass is 10.1. The second kappa shape index (κ2) is 3.81. The van der Waals surface area contributed by atoms with Gasteiger partial charge in [-0.1, -0.05) is 29.8 Å². The van der Waals surface area contributed by atoms with Gasteiger partial charge in [0.2, 0.25) is 0 Å². The van der Waals surface area contributed by atoms with E-state index in [-0.39, 0.29) is 0 Å². The van der Waals surface area contributed by atoms with Crippen molar-refractivity contribution < 1.29 is 0 Å². The summed E-state index contributed by atoms with van der Waals surface area (Å²) in [7, 11) is 0. The maximum absolute atomic E-state index is 5.93. The zero-order valence-corrected chi connectivity index (χ0v) is 9.66. The van der Waals surface area contributed by atoms with Crippen LogP contribution >= 0.6 is 23.3 Å². The molecule has 0 amide bonds. The lowest BCUT2D eigenvalue weighted by Gasteiger charge is -1.99. The normalized spacial score (nSPS) is 10.8. The minimum absolute atomic E-state index is 0.432. The summed E-state index contributed by atoms with van der Waals surface area (Å²) in [5, 5.41) is 1.51. The van der Waals surface area contributed by atoms with Crippen LogP contribution in [0.15, 0.2) is 36.5 Å². The number of aromatic nitrogens is 3.